The predicted molar refractivity (Wildman–Crippen MR) is 127 cm³/mol. The van der Waals surface area contributed by atoms with Gasteiger partial charge in [0, 0.05) is 37.4 Å². The number of hydrogen-bond acceptors (Lipinski definition) is 4. The summed E-state index contributed by atoms with van der Waals surface area (Å²) in [5.41, 5.74) is 2.38. The molecular formula is C25H33N3O3S. The minimum Gasteiger partial charge on any atom is -0.322 e. The highest BCUT2D eigenvalue weighted by Gasteiger charge is 2.25. The second-order valence-electron chi connectivity index (χ2n) is 9.12. The number of nitrogens with zero attached hydrogens (tertiary/aromatic N) is 2. The predicted octanol–water partition coefficient (Wildman–Crippen LogP) is 4.35. The van der Waals surface area contributed by atoms with E-state index in [0.29, 0.717) is 24.3 Å². The quantitative estimate of drug-likeness (QED) is 0.703. The van der Waals surface area contributed by atoms with Crippen LogP contribution in [-0.2, 0) is 16.6 Å². The van der Waals surface area contributed by atoms with E-state index < -0.39 is 10.0 Å². The van der Waals surface area contributed by atoms with Crippen LogP contribution in [0.2, 0.25) is 0 Å². The summed E-state index contributed by atoms with van der Waals surface area (Å²) in [4.78, 5) is 15.4. The van der Waals surface area contributed by atoms with Gasteiger partial charge < -0.3 is 5.32 Å². The number of hydrogen-bond donors (Lipinski definition) is 1. The highest BCUT2D eigenvalue weighted by Crippen LogP contribution is 2.22. The van der Waals surface area contributed by atoms with Crippen LogP contribution in [0.4, 0.5) is 5.69 Å². The van der Waals surface area contributed by atoms with Crippen LogP contribution >= 0.6 is 0 Å². The van der Waals surface area contributed by atoms with E-state index >= 15 is 0 Å². The van der Waals surface area contributed by atoms with Crippen molar-refractivity contribution in [3.63, 3.8) is 0 Å². The second kappa shape index (κ2) is 10.1. The average molecular weight is 456 g/mol. The van der Waals surface area contributed by atoms with Gasteiger partial charge in [0.1, 0.15) is 0 Å². The lowest BCUT2D eigenvalue weighted by atomic mass is 9.99. The van der Waals surface area contributed by atoms with Crippen molar-refractivity contribution in [2.24, 2.45) is 5.92 Å². The van der Waals surface area contributed by atoms with Crippen molar-refractivity contribution in [3.8, 4) is 0 Å². The highest BCUT2D eigenvalue weighted by atomic mass is 32.2. The summed E-state index contributed by atoms with van der Waals surface area (Å²) in [6.07, 6.45) is 5.45. The molecular weight excluding hydrogens is 422 g/mol. The molecule has 2 heterocycles. The molecule has 1 atom stereocenters. The van der Waals surface area contributed by atoms with E-state index in [1.165, 1.54) is 18.4 Å². The largest absolute Gasteiger partial charge is 0.322 e. The zero-order valence-electron chi connectivity index (χ0n) is 18.8. The Bertz CT molecular complexity index is 1010. The van der Waals surface area contributed by atoms with Crippen LogP contribution in [0.5, 0.6) is 0 Å². The first kappa shape index (κ1) is 23.0. The molecule has 1 unspecified atom stereocenters. The molecule has 7 heteroatoms. The lowest BCUT2D eigenvalue weighted by Crippen LogP contribution is -2.35. The van der Waals surface area contributed by atoms with Crippen LogP contribution in [0, 0.1) is 5.92 Å². The normalized spacial score (nSPS) is 20.7. The summed E-state index contributed by atoms with van der Waals surface area (Å²) in [6.45, 7) is 6.64. The molecule has 0 aromatic heterocycles. The molecule has 0 saturated carbocycles. The van der Waals surface area contributed by atoms with E-state index in [0.717, 1.165) is 44.8 Å². The van der Waals surface area contributed by atoms with Gasteiger partial charge in [-0.1, -0.05) is 25.5 Å². The molecule has 172 valence electrons. The summed E-state index contributed by atoms with van der Waals surface area (Å²) in [6, 6.07) is 14.2. The minimum atomic E-state index is -3.46. The molecule has 0 spiro atoms. The Labute approximate surface area is 191 Å². The Morgan fingerprint density at radius 1 is 0.938 bits per heavy atom. The number of rotatable bonds is 6. The first-order chi connectivity index (χ1) is 15.4. The van der Waals surface area contributed by atoms with Crippen molar-refractivity contribution in [2.75, 3.05) is 31.5 Å². The SMILES string of the molecule is CC1CCCN(Cc2ccc(C(=O)Nc3ccc(S(=O)(=O)N4CCCCC4)cc3)cc2)C1. The van der Waals surface area contributed by atoms with Gasteiger partial charge in [0.2, 0.25) is 10.0 Å². The number of likely N-dealkylation sites (tertiary alicyclic amines) is 1. The van der Waals surface area contributed by atoms with Gasteiger partial charge >= 0.3 is 0 Å². The Balaban J connectivity index is 1.35. The fraction of sp³-hybridized carbons (Fsp3) is 0.480. The third kappa shape index (κ3) is 5.57. The standard InChI is InChI=1S/C25H33N3O3S/c1-20-6-5-15-27(18-20)19-21-7-9-22(10-8-21)25(29)26-23-11-13-24(14-12-23)32(30,31)28-16-3-2-4-17-28/h7-14,20H,2-6,15-19H2,1H3,(H,26,29). The maximum Gasteiger partial charge on any atom is 0.255 e. The number of amides is 1. The van der Waals surface area contributed by atoms with Gasteiger partial charge in [-0.15, -0.1) is 0 Å². The van der Waals surface area contributed by atoms with Gasteiger partial charge in [0.25, 0.3) is 5.91 Å². The molecule has 4 rings (SSSR count). The molecule has 0 radical (unpaired) electrons. The summed E-state index contributed by atoms with van der Waals surface area (Å²) < 4.78 is 27.1. The topological polar surface area (TPSA) is 69.7 Å². The molecule has 2 aromatic rings. The zero-order chi connectivity index (χ0) is 22.6. The van der Waals surface area contributed by atoms with Crippen molar-refractivity contribution in [1.29, 1.82) is 0 Å². The van der Waals surface area contributed by atoms with Crippen LogP contribution in [0.1, 0.15) is 54.9 Å². The number of sulfonamides is 1. The Morgan fingerprint density at radius 3 is 2.28 bits per heavy atom. The van der Waals surface area contributed by atoms with Crippen molar-refractivity contribution in [1.82, 2.24) is 9.21 Å². The van der Waals surface area contributed by atoms with Crippen LogP contribution in [0.25, 0.3) is 0 Å². The molecule has 0 aliphatic carbocycles. The first-order valence-corrected chi connectivity index (χ1v) is 13.1. The number of anilines is 1. The monoisotopic (exact) mass is 455 g/mol. The van der Waals surface area contributed by atoms with Gasteiger partial charge in [-0.25, -0.2) is 8.42 Å². The molecule has 1 amide bonds. The third-order valence-electron chi connectivity index (χ3n) is 6.43. The fourth-order valence-corrected chi connectivity index (χ4v) is 6.13. The molecule has 2 aromatic carbocycles. The van der Waals surface area contributed by atoms with E-state index in [2.05, 4.69) is 17.1 Å². The molecule has 2 aliphatic heterocycles. The molecule has 32 heavy (non-hydrogen) atoms. The van der Waals surface area contributed by atoms with E-state index in [1.54, 1.807) is 28.6 Å². The lowest BCUT2D eigenvalue weighted by Gasteiger charge is -2.30. The van der Waals surface area contributed by atoms with E-state index in [1.807, 2.05) is 24.3 Å². The molecule has 2 fully saturated rings. The maximum absolute atomic E-state index is 12.8. The van der Waals surface area contributed by atoms with Gasteiger partial charge in [0.15, 0.2) is 0 Å². The van der Waals surface area contributed by atoms with Crippen LogP contribution in [0.3, 0.4) is 0 Å². The van der Waals surface area contributed by atoms with Crippen LogP contribution in [0.15, 0.2) is 53.4 Å². The molecule has 6 nitrogen and oxygen atoms in total. The summed E-state index contributed by atoms with van der Waals surface area (Å²) in [5.74, 6) is 0.546. The van der Waals surface area contributed by atoms with Crippen LogP contribution in [-0.4, -0.2) is 49.7 Å². The number of benzene rings is 2. The second-order valence-corrected chi connectivity index (χ2v) is 11.1. The summed E-state index contributed by atoms with van der Waals surface area (Å²) >= 11 is 0. The summed E-state index contributed by atoms with van der Waals surface area (Å²) in [7, 11) is -3.46. The highest BCUT2D eigenvalue weighted by molar-refractivity contribution is 7.89. The van der Waals surface area contributed by atoms with Crippen molar-refractivity contribution in [2.45, 2.75) is 50.5 Å². The average Bonchev–Trinajstić information content (AvgIpc) is 2.80. The number of piperidine rings is 2. The zero-order valence-corrected chi connectivity index (χ0v) is 19.6. The Hall–Kier alpha value is -2.22. The smallest absolute Gasteiger partial charge is 0.255 e. The van der Waals surface area contributed by atoms with Gasteiger partial charge in [-0.05, 0) is 80.1 Å². The van der Waals surface area contributed by atoms with Crippen molar-refractivity contribution >= 4 is 21.6 Å². The number of nitrogens with one attached hydrogen (secondary N) is 1. The fourth-order valence-electron chi connectivity index (χ4n) is 4.62. The first-order valence-electron chi connectivity index (χ1n) is 11.6. The number of carbonyl (C=O) groups excluding carboxylic acids is 1. The number of carbonyl (C=O) groups is 1. The van der Waals surface area contributed by atoms with Crippen molar-refractivity contribution < 1.29 is 13.2 Å². The lowest BCUT2D eigenvalue weighted by molar-refractivity contribution is 0.102. The van der Waals surface area contributed by atoms with E-state index in [9.17, 15) is 13.2 Å². The minimum absolute atomic E-state index is 0.199. The van der Waals surface area contributed by atoms with E-state index in [4.69, 9.17) is 0 Å². The van der Waals surface area contributed by atoms with Gasteiger partial charge in [0.05, 0.1) is 4.90 Å². The van der Waals surface area contributed by atoms with Crippen molar-refractivity contribution in [3.05, 3.63) is 59.7 Å². The molecule has 0 bridgehead atoms. The molecule has 2 aliphatic rings. The van der Waals surface area contributed by atoms with E-state index in [-0.39, 0.29) is 10.8 Å². The Morgan fingerprint density at radius 2 is 1.62 bits per heavy atom. The maximum atomic E-state index is 12.8. The summed E-state index contributed by atoms with van der Waals surface area (Å²) in [5, 5.41) is 2.87. The van der Waals surface area contributed by atoms with Gasteiger partial charge in [-0.3, -0.25) is 9.69 Å². The van der Waals surface area contributed by atoms with Gasteiger partial charge in [-0.2, -0.15) is 4.31 Å². The Kier molecular flexibility index (Phi) is 7.28. The third-order valence-corrected chi connectivity index (χ3v) is 8.34. The molecule has 2 saturated heterocycles. The van der Waals surface area contributed by atoms with Crippen LogP contribution < -0.4 is 5.32 Å². The molecule has 1 N–H and O–H groups in total.